The van der Waals surface area contributed by atoms with E-state index in [1.807, 2.05) is 0 Å². The van der Waals surface area contributed by atoms with E-state index in [1.54, 1.807) is 4.90 Å². The van der Waals surface area contributed by atoms with E-state index >= 15 is 0 Å². The molecule has 0 saturated carbocycles. The highest BCUT2D eigenvalue weighted by molar-refractivity contribution is 7.89. The van der Waals surface area contributed by atoms with Gasteiger partial charge in [-0.05, 0) is 24.3 Å². The summed E-state index contributed by atoms with van der Waals surface area (Å²) in [5, 5.41) is 8.86. The normalized spacial score (nSPS) is 16.1. The number of carboxylic acid groups (broad SMARTS) is 1. The number of rotatable bonds is 6. The van der Waals surface area contributed by atoms with Crippen molar-refractivity contribution in [1.82, 2.24) is 9.21 Å². The van der Waals surface area contributed by atoms with E-state index in [0.29, 0.717) is 19.7 Å². The van der Waals surface area contributed by atoms with Crippen molar-refractivity contribution in [3.05, 3.63) is 29.8 Å². The number of hydrogen-bond donors (Lipinski definition) is 1. The van der Waals surface area contributed by atoms with E-state index in [-0.39, 0.29) is 35.9 Å². The Morgan fingerprint density at radius 3 is 2.21 bits per heavy atom. The molecule has 1 aromatic rings. The first-order valence-corrected chi connectivity index (χ1v) is 8.90. The second kappa shape index (κ2) is 7.73. The molecule has 0 atom stereocenters. The highest BCUT2D eigenvalue weighted by Crippen LogP contribution is 2.18. The number of hydrogen-bond acceptors (Lipinski definition) is 5. The summed E-state index contributed by atoms with van der Waals surface area (Å²) in [5.41, 5.74) is 0.0301. The van der Waals surface area contributed by atoms with Crippen molar-refractivity contribution in [1.29, 1.82) is 0 Å². The van der Waals surface area contributed by atoms with E-state index in [9.17, 15) is 18.0 Å². The molecule has 1 aliphatic heterocycles. The summed E-state index contributed by atoms with van der Waals surface area (Å²) in [6.45, 7) is 1.42. The lowest BCUT2D eigenvalue weighted by atomic mass is 10.2. The molecule has 0 aromatic heterocycles. The Labute approximate surface area is 140 Å². The van der Waals surface area contributed by atoms with Crippen LogP contribution in [-0.4, -0.2) is 74.5 Å². The molecule has 1 aliphatic rings. The number of sulfonamides is 1. The first-order chi connectivity index (χ1) is 11.4. The fraction of sp³-hybridized carbons (Fsp3) is 0.467. The summed E-state index contributed by atoms with van der Waals surface area (Å²) in [5.74, 6) is -1.16. The average Bonchev–Trinajstić information content (AvgIpc) is 2.59. The number of carboxylic acids is 1. The van der Waals surface area contributed by atoms with Gasteiger partial charge in [0.1, 0.15) is 0 Å². The van der Waals surface area contributed by atoms with Crippen molar-refractivity contribution in [2.75, 3.05) is 39.9 Å². The average molecular weight is 356 g/mol. The van der Waals surface area contributed by atoms with Crippen LogP contribution in [0.25, 0.3) is 0 Å². The van der Waals surface area contributed by atoms with Crippen LogP contribution in [0.4, 0.5) is 0 Å². The smallest absolute Gasteiger partial charge is 0.335 e. The van der Waals surface area contributed by atoms with Crippen LogP contribution in [0.2, 0.25) is 0 Å². The number of methoxy groups -OCH3 is 1. The summed E-state index contributed by atoms with van der Waals surface area (Å²) in [7, 11) is -2.17. The molecule has 8 nitrogen and oxygen atoms in total. The zero-order valence-corrected chi connectivity index (χ0v) is 14.2. The first kappa shape index (κ1) is 18.4. The van der Waals surface area contributed by atoms with Gasteiger partial charge in [0.2, 0.25) is 15.9 Å². The van der Waals surface area contributed by atoms with Gasteiger partial charge in [0.25, 0.3) is 0 Å². The van der Waals surface area contributed by atoms with Gasteiger partial charge in [-0.1, -0.05) is 0 Å². The first-order valence-electron chi connectivity index (χ1n) is 7.46. The van der Waals surface area contributed by atoms with Gasteiger partial charge >= 0.3 is 5.97 Å². The summed E-state index contributed by atoms with van der Waals surface area (Å²) in [6.07, 6.45) is 0.278. The standard InChI is InChI=1S/C15H20N2O6S/c1-23-11-6-14(18)16-7-9-17(10-8-16)24(21,22)13-4-2-12(3-5-13)15(19)20/h2-5H,6-11H2,1H3,(H,19,20). The number of carbonyl (C=O) groups excluding carboxylic acids is 1. The van der Waals surface area contributed by atoms with Crippen LogP contribution >= 0.6 is 0 Å². The largest absolute Gasteiger partial charge is 0.478 e. The Morgan fingerprint density at radius 1 is 1.12 bits per heavy atom. The molecule has 9 heteroatoms. The van der Waals surface area contributed by atoms with Crippen LogP contribution in [0.1, 0.15) is 16.8 Å². The maximum Gasteiger partial charge on any atom is 0.335 e. The summed E-state index contributed by atoms with van der Waals surface area (Å²) in [6, 6.07) is 5.10. The zero-order chi connectivity index (χ0) is 17.7. The summed E-state index contributed by atoms with van der Waals surface area (Å²) >= 11 is 0. The van der Waals surface area contributed by atoms with Gasteiger partial charge in [-0.25, -0.2) is 13.2 Å². The molecule has 0 unspecified atom stereocenters. The van der Waals surface area contributed by atoms with Crippen LogP contribution in [0.15, 0.2) is 29.2 Å². The third kappa shape index (κ3) is 4.11. The fourth-order valence-electron chi connectivity index (χ4n) is 2.44. The predicted octanol–water partition coefficient (Wildman–Crippen LogP) is 0.254. The number of carbonyl (C=O) groups is 2. The summed E-state index contributed by atoms with van der Waals surface area (Å²) in [4.78, 5) is 24.4. The number of ether oxygens (including phenoxy) is 1. The van der Waals surface area contributed by atoms with Gasteiger partial charge in [0.15, 0.2) is 0 Å². The van der Waals surface area contributed by atoms with Crippen molar-refractivity contribution in [3.63, 3.8) is 0 Å². The highest BCUT2D eigenvalue weighted by atomic mass is 32.2. The lowest BCUT2D eigenvalue weighted by Gasteiger charge is -2.34. The molecule has 1 heterocycles. The van der Waals surface area contributed by atoms with E-state index in [0.717, 1.165) is 0 Å². The third-order valence-electron chi connectivity index (χ3n) is 3.85. The molecule has 1 aromatic carbocycles. The third-order valence-corrected chi connectivity index (χ3v) is 5.76. The van der Waals surface area contributed by atoms with Crippen LogP contribution in [0.5, 0.6) is 0 Å². The van der Waals surface area contributed by atoms with Crippen LogP contribution < -0.4 is 0 Å². The molecule has 1 N–H and O–H groups in total. The monoisotopic (exact) mass is 356 g/mol. The predicted molar refractivity (Wildman–Crippen MR) is 85.2 cm³/mol. The molecular formula is C15H20N2O6S. The highest BCUT2D eigenvalue weighted by Gasteiger charge is 2.30. The Kier molecular flexibility index (Phi) is 5.92. The van der Waals surface area contributed by atoms with Gasteiger partial charge in [-0.2, -0.15) is 4.31 Å². The molecular weight excluding hydrogens is 336 g/mol. The quantitative estimate of drug-likeness (QED) is 0.784. The Morgan fingerprint density at radius 2 is 1.71 bits per heavy atom. The lowest BCUT2D eigenvalue weighted by Crippen LogP contribution is -2.50. The van der Waals surface area contributed by atoms with Crippen molar-refractivity contribution in [2.45, 2.75) is 11.3 Å². The molecule has 0 bridgehead atoms. The molecule has 2 rings (SSSR count). The number of benzene rings is 1. The number of aromatic carboxylic acids is 1. The van der Waals surface area contributed by atoms with Crippen LogP contribution in [0.3, 0.4) is 0 Å². The number of nitrogens with zero attached hydrogens (tertiary/aromatic N) is 2. The molecule has 24 heavy (non-hydrogen) atoms. The molecule has 1 amide bonds. The van der Waals surface area contributed by atoms with Crippen molar-refractivity contribution < 1.29 is 27.9 Å². The fourth-order valence-corrected chi connectivity index (χ4v) is 3.87. The zero-order valence-electron chi connectivity index (χ0n) is 13.3. The van der Waals surface area contributed by atoms with Crippen molar-refractivity contribution >= 4 is 21.9 Å². The second-order valence-corrected chi connectivity index (χ2v) is 7.30. The SMILES string of the molecule is COCCC(=O)N1CCN(S(=O)(=O)c2ccc(C(=O)O)cc2)CC1. The minimum absolute atomic E-state index is 0.0301. The molecule has 0 spiro atoms. The van der Waals surface area contributed by atoms with Gasteiger partial charge in [0, 0.05) is 33.3 Å². The molecule has 1 fully saturated rings. The van der Waals surface area contributed by atoms with Crippen molar-refractivity contribution in [3.8, 4) is 0 Å². The second-order valence-electron chi connectivity index (χ2n) is 5.36. The van der Waals surface area contributed by atoms with E-state index < -0.39 is 16.0 Å². The van der Waals surface area contributed by atoms with Gasteiger partial charge in [0.05, 0.1) is 23.5 Å². The van der Waals surface area contributed by atoms with Gasteiger partial charge in [-0.15, -0.1) is 0 Å². The topological polar surface area (TPSA) is 104 Å². The number of piperazine rings is 1. The van der Waals surface area contributed by atoms with Gasteiger partial charge in [-0.3, -0.25) is 4.79 Å². The Hall–Kier alpha value is -1.97. The minimum atomic E-state index is -3.69. The lowest BCUT2D eigenvalue weighted by molar-refractivity contribution is -0.133. The number of amides is 1. The summed E-state index contributed by atoms with van der Waals surface area (Å²) < 4.78 is 31.3. The molecule has 0 radical (unpaired) electrons. The molecule has 0 aliphatic carbocycles. The van der Waals surface area contributed by atoms with E-state index in [1.165, 1.54) is 35.7 Å². The molecule has 1 saturated heterocycles. The maximum absolute atomic E-state index is 12.6. The maximum atomic E-state index is 12.6. The van der Waals surface area contributed by atoms with E-state index in [4.69, 9.17) is 9.84 Å². The molecule has 132 valence electrons. The Bertz CT molecular complexity index is 693. The van der Waals surface area contributed by atoms with Crippen LogP contribution in [0, 0.1) is 0 Å². The Balaban J connectivity index is 2.02. The van der Waals surface area contributed by atoms with Crippen LogP contribution in [-0.2, 0) is 19.6 Å². The van der Waals surface area contributed by atoms with E-state index in [2.05, 4.69) is 0 Å². The minimum Gasteiger partial charge on any atom is -0.478 e. The van der Waals surface area contributed by atoms with Gasteiger partial charge < -0.3 is 14.7 Å². The van der Waals surface area contributed by atoms with Crippen molar-refractivity contribution in [2.24, 2.45) is 0 Å².